The number of nitrogens with zero attached hydrogens (tertiary/aromatic N) is 5. The summed E-state index contributed by atoms with van der Waals surface area (Å²) in [7, 11) is 0. The van der Waals surface area contributed by atoms with E-state index < -0.39 is 0 Å². The minimum Gasteiger partial charge on any atom is -0.342 e. The van der Waals surface area contributed by atoms with E-state index in [1.165, 1.54) is 0 Å². The van der Waals surface area contributed by atoms with Gasteiger partial charge < -0.3 is 9.80 Å². The minimum atomic E-state index is 0.0254. The molecular formula is C27H26N6O2. The molecule has 4 aromatic rings. The van der Waals surface area contributed by atoms with Crippen LogP contribution in [-0.2, 0) is 11.2 Å². The number of benzene rings is 2. The van der Waals surface area contributed by atoms with Crippen LogP contribution in [0.3, 0.4) is 0 Å². The van der Waals surface area contributed by atoms with E-state index in [1.807, 2.05) is 34.1 Å². The largest absolute Gasteiger partial charge is 0.342 e. The number of nitrogens with one attached hydrogen (secondary N) is 1. The summed E-state index contributed by atoms with van der Waals surface area (Å²) in [6, 6.07) is 17.8. The molecule has 2 aromatic heterocycles. The normalized spacial score (nSPS) is 19.3. The number of carbonyl (C=O) groups excluding carboxylic acids is 2. The number of aromatic nitrogens is 4. The first-order valence-corrected chi connectivity index (χ1v) is 12.0. The van der Waals surface area contributed by atoms with Crippen LogP contribution >= 0.6 is 0 Å². The smallest absolute Gasteiger partial charge is 0.253 e. The number of fused-ring (bicyclic) bond motifs is 2. The van der Waals surface area contributed by atoms with E-state index >= 15 is 0 Å². The molecular weight excluding hydrogens is 440 g/mol. The molecule has 0 bridgehead atoms. The third kappa shape index (κ3) is 4.27. The van der Waals surface area contributed by atoms with Gasteiger partial charge in [0.05, 0.1) is 5.52 Å². The van der Waals surface area contributed by atoms with Crippen molar-refractivity contribution in [3.63, 3.8) is 0 Å². The van der Waals surface area contributed by atoms with E-state index in [0.29, 0.717) is 42.4 Å². The molecule has 35 heavy (non-hydrogen) atoms. The highest BCUT2D eigenvalue weighted by Crippen LogP contribution is 2.32. The lowest BCUT2D eigenvalue weighted by Crippen LogP contribution is -2.35. The van der Waals surface area contributed by atoms with Gasteiger partial charge in [0.15, 0.2) is 0 Å². The maximum Gasteiger partial charge on any atom is 0.253 e. The number of amides is 2. The Morgan fingerprint density at radius 3 is 2.29 bits per heavy atom. The van der Waals surface area contributed by atoms with Gasteiger partial charge in [-0.05, 0) is 53.4 Å². The zero-order chi connectivity index (χ0) is 23.8. The standard InChI is InChI=1S/C27H26N6O2/c34-26(8-3-18-1-4-19(5-2-18)20-9-11-28-12-10-20)32-14-22-16-33(17-23(22)15-32)27(35)21-6-7-24-25(13-21)30-31-29-24/h1-2,4-7,9-13,22-23H,3,8,14-17H2,(H,29,30,31)/t22-,23-/m1/s1. The fourth-order valence-corrected chi connectivity index (χ4v) is 5.34. The van der Waals surface area contributed by atoms with Gasteiger partial charge in [-0.1, -0.05) is 29.5 Å². The maximum atomic E-state index is 13.0. The molecule has 0 aliphatic carbocycles. The number of carbonyl (C=O) groups is 2. The van der Waals surface area contributed by atoms with Crippen molar-refractivity contribution < 1.29 is 9.59 Å². The van der Waals surface area contributed by atoms with Gasteiger partial charge in [0.25, 0.3) is 5.91 Å². The fraction of sp³-hybridized carbons (Fsp3) is 0.296. The Balaban J connectivity index is 1.01. The monoisotopic (exact) mass is 466 g/mol. The van der Waals surface area contributed by atoms with Crippen LogP contribution in [-0.4, -0.2) is 68.2 Å². The van der Waals surface area contributed by atoms with Crippen LogP contribution in [0.25, 0.3) is 22.2 Å². The Hall–Kier alpha value is -4.07. The van der Waals surface area contributed by atoms with Gasteiger partial charge in [-0.2, -0.15) is 0 Å². The molecule has 4 heterocycles. The number of pyridine rings is 1. The second-order valence-electron chi connectivity index (χ2n) is 9.51. The highest BCUT2D eigenvalue weighted by atomic mass is 16.2. The van der Waals surface area contributed by atoms with Gasteiger partial charge in [0.1, 0.15) is 5.52 Å². The lowest BCUT2D eigenvalue weighted by molar-refractivity contribution is -0.130. The molecule has 2 aromatic carbocycles. The van der Waals surface area contributed by atoms with Gasteiger partial charge in [-0.15, -0.1) is 5.10 Å². The molecule has 2 amide bonds. The number of H-pyrrole nitrogens is 1. The van der Waals surface area contributed by atoms with Crippen molar-refractivity contribution in [2.75, 3.05) is 26.2 Å². The average Bonchev–Trinajstić information content (AvgIpc) is 3.62. The Labute approximate surface area is 203 Å². The molecule has 8 nitrogen and oxygen atoms in total. The molecule has 0 unspecified atom stereocenters. The summed E-state index contributed by atoms with van der Waals surface area (Å²) in [6.07, 6.45) is 4.82. The third-order valence-corrected chi connectivity index (χ3v) is 7.29. The Morgan fingerprint density at radius 1 is 0.857 bits per heavy atom. The fourth-order valence-electron chi connectivity index (χ4n) is 5.34. The van der Waals surface area contributed by atoms with Crippen molar-refractivity contribution in [3.05, 3.63) is 78.1 Å². The molecule has 2 aliphatic rings. The summed E-state index contributed by atoms with van der Waals surface area (Å²) in [5.74, 6) is 0.918. The molecule has 2 aliphatic heterocycles. The van der Waals surface area contributed by atoms with E-state index in [-0.39, 0.29) is 11.8 Å². The zero-order valence-electron chi connectivity index (χ0n) is 19.3. The molecule has 2 fully saturated rings. The summed E-state index contributed by atoms with van der Waals surface area (Å²) in [6.45, 7) is 2.86. The average molecular weight is 467 g/mol. The number of aryl methyl sites for hydroxylation is 1. The number of likely N-dealkylation sites (tertiary alicyclic amines) is 2. The van der Waals surface area contributed by atoms with Crippen LogP contribution in [0.4, 0.5) is 0 Å². The van der Waals surface area contributed by atoms with Crippen molar-refractivity contribution in [2.45, 2.75) is 12.8 Å². The SMILES string of the molecule is O=C(CCc1ccc(-c2ccncc2)cc1)N1C[C@@H]2CN(C(=O)c3ccc4[nH]nnc4c3)C[C@H]2C1. The molecule has 2 atom stereocenters. The summed E-state index contributed by atoms with van der Waals surface area (Å²) < 4.78 is 0. The second-order valence-corrected chi connectivity index (χ2v) is 9.51. The van der Waals surface area contributed by atoms with E-state index in [1.54, 1.807) is 18.5 Å². The number of hydrogen-bond acceptors (Lipinski definition) is 5. The van der Waals surface area contributed by atoms with Crippen LogP contribution in [0.1, 0.15) is 22.3 Å². The summed E-state index contributed by atoms with van der Waals surface area (Å²) >= 11 is 0. The molecule has 0 spiro atoms. The predicted molar refractivity (Wildman–Crippen MR) is 131 cm³/mol. The Morgan fingerprint density at radius 2 is 1.54 bits per heavy atom. The van der Waals surface area contributed by atoms with Crippen LogP contribution in [0, 0.1) is 11.8 Å². The number of aromatic amines is 1. The lowest BCUT2D eigenvalue weighted by atomic mass is 10.0. The van der Waals surface area contributed by atoms with E-state index in [4.69, 9.17) is 0 Å². The van der Waals surface area contributed by atoms with Crippen LogP contribution in [0.15, 0.2) is 67.0 Å². The third-order valence-electron chi connectivity index (χ3n) is 7.29. The first-order chi connectivity index (χ1) is 17.1. The highest BCUT2D eigenvalue weighted by Gasteiger charge is 2.42. The van der Waals surface area contributed by atoms with Crippen LogP contribution in [0.2, 0.25) is 0 Å². The van der Waals surface area contributed by atoms with Crippen LogP contribution < -0.4 is 0 Å². The topological polar surface area (TPSA) is 95.1 Å². The van der Waals surface area contributed by atoms with Crippen molar-refractivity contribution in [2.24, 2.45) is 11.8 Å². The predicted octanol–water partition coefficient (Wildman–Crippen LogP) is 3.18. The lowest BCUT2D eigenvalue weighted by Gasteiger charge is -2.22. The molecule has 1 N–H and O–H groups in total. The summed E-state index contributed by atoms with van der Waals surface area (Å²) in [5, 5.41) is 10.6. The first kappa shape index (κ1) is 21.5. The summed E-state index contributed by atoms with van der Waals surface area (Å²) in [4.78, 5) is 33.9. The number of hydrogen-bond donors (Lipinski definition) is 1. The quantitative estimate of drug-likeness (QED) is 0.487. The molecule has 2 saturated heterocycles. The van der Waals surface area contributed by atoms with Crippen LogP contribution in [0.5, 0.6) is 0 Å². The summed E-state index contributed by atoms with van der Waals surface area (Å²) in [5.41, 5.74) is 5.59. The maximum absolute atomic E-state index is 13.0. The van der Waals surface area contributed by atoms with E-state index in [2.05, 4.69) is 44.7 Å². The Bertz CT molecular complexity index is 1350. The van der Waals surface area contributed by atoms with Gasteiger partial charge in [-0.25, -0.2) is 0 Å². The second kappa shape index (κ2) is 8.94. The van der Waals surface area contributed by atoms with Gasteiger partial charge in [-0.3, -0.25) is 19.7 Å². The van der Waals surface area contributed by atoms with Gasteiger partial charge in [0.2, 0.25) is 5.91 Å². The van der Waals surface area contributed by atoms with Crippen molar-refractivity contribution in [3.8, 4) is 11.1 Å². The molecule has 6 rings (SSSR count). The molecule has 0 radical (unpaired) electrons. The Kier molecular flexibility index (Phi) is 5.48. The molecule has 8 heteroatoms. The minimum absolute atomic E-state index is 0.0254. The van der Waals surface area contributed by atoms with E-state index in [0.717, 1.165) is 41.7 Å². The van der Waals surface area contributed by atoms with E-state index in [9.17, 15) is 9.59 Å². The van der Waals surface area contributed by atoms with Crippen molar-refractivity contribution in [1.82, 2.24) is 30.2 Å². The first-order valence-electron chi connectivity index (χ1n) is 12.0. The highest BCUT2D eigenvalue weighted by molar-refractivity contribution is 5.97. The van der Waals surface area contributed by atoms with Crippen molar-refractivity contribution >= 4 is 22.8 Å². The molecule has 0 saturated carbocycles. The zero-order valence-corrected chi connectivity index (χ0v) is 19.3. The van der Waals surface area contributed by atoms with Gasteiger partial charge >= 0.3 is 0 Å². The van der Waals surface area contributed by atoms with Gasteiger partial charge in [0, 0.05) is 62.4 Å². The van der Waals surface area contributed by atoms with Crippen molar-refractivity contribution in [1.29, 1.82) is 0 Å². The molecule has 176 valence electrons. The number of rotatable bonds is 5.